The van der Waals surface area contributed by atoms with Crippen LogP contribution in [0, 0.1) is 0 Å². The Labute approximate surface area is 315 Å². The molecule has 1 aliphatic carbocycles. The predicted molar refractivity (Wildman–Crippen MR) is 233 cm³/mol. The SMILES string of the molecule is CC1(C)c2ccccc2-c2ccc(-c3c4ccccc4c(-c4ccc5sc6cc7c(cc6c5c4)sc4ccc5ccccc5c47)c4ccccc34)cc21. The van der Waals surface area contributed by atoms with Crippen LogP contribution in [0.15, 0.2) is 158 Å². The summed E-state index contributed by atoms with van der Waals surface area (Å²) in [6, 6.07) is 59.7. The largest absolute Gasteiger partial charge is 0.135 e. The molecule has 0 fully saturated rings. The second kappa shape index (κ2) is 10.6. The molecular formula is C51H32S2. The van der Waals surface area contributed by atoms with Crippen molar-refractivity contribution in [2.45, 2.75) is 19.3 Å². The average Bonchev–Trinajstić information content (AvgIpc) is 3.82. The van der Waals surface area contributed by atoms with Crippen LogP contribution < -0.4 is 0 Å². The molecule has 2 heteroatoms. The van der Waals surface area contributed by atoms with Crippen molar-refractivity contribution in [3.8, 4) is 33.4 Å². The highest BCUT2D eigenvalue weighted by molar-refractivity contribution is 7.27. The van der Waals surface area contributed by atoms with Gasteiger partial charge in [0.1, 0.15) is 0 Å². The van der Waals surface area contributed by atoms with E-state index < -0.39 is 0 Å². The van der Waals surface area contributed by atoms with Crippen molar-refractivity contribution in [2.75, 3.05) is 0 Å². The fraction of sp³-hybridized carbons (Fsp3) is 0.0588. The van der Waals surface area contributed by atoms with Crippen molar-refractivity contribution in [3.63, 3.8) is 0 Å². The monoisotopic (exact) mass is 708 g/mol. The van der Waals surface area contributed by atoms with Gasteiger partial charge in [0.25, 0.3) is 0 Å². The van der Waals surface area contributed by atoms with Crippen molar-refractivity contribution in [1.29, 1.82) is 0 Å². The van der Waals surface area contributed by atoms with E-state index in [4.69, 9.17) is 0 Å². The molecule has 1 aliphatic rings. The van der Waals surface area contributed by atoms with Gasteiger partial charge < -0.3 is 0 Å². The van der Waals surface area contributed by atoms with Crippen molar-refractivity contribution >= 4 is 95.3 Å². The van der Waals surface area contributed by atoms with Crippen molar-refractivity contribution in [3.05, 3.63) is 169 Å². The molecule has 0 amide bonds. The third kappa shape index (κ3) is 4.05. The van der Waals surface area contributed by atoms with Crippen LogP contribution in [0.4, 0.5) is 0 Å². The number of fused-ring (bicyclic) bond motifs is 13. The summed E-state index contributed by atoms with van der Waals surface area (Å²) in [5.41, 5.74) is 10.7. The average molecular weight is 709 g/mol. The normalized spacial score (nSPS) is 13.6. The van der Waals surface area contributed by atoms with E-state index in [0.717, 1.165) is 0 Å². The molecule has 0 bridgehead atoms. The summed E-state index contributed by atoms with van der Waals surface area (Å²) in [6.45, 7) is 4.75. The molecule has 53 heavy (non-hydrogen) atoms. The highest BCUT2D eigenvalue weighted by Gasteiger charge is 2.35. The van der Waals surface area contributed by atoms with Crippen molar-refractivity contribution in [2.24, 2.45) is 0 Å². The number of thiophene rings is 2. The standard InChI is InChI=1S/C51H32S2/c1-51(2)42-18-10-9-13-33(42)34-22-19-31(26-43(34)51)49-37-16-7-5-14-35(37)48(36-15-6-8-17-38(36)49)30-21-23-44-39(25-30)40-27-47-41(28-46(40)52-44)50-32-12-4-3-11-29(32)20-24-45(50)53-47/h3-28H,1-2H3. The van der Waals surface area contributed by atoms with Crippen LogP contribution in [0.3, 0.4) is 0 Å². The van der Waals surface area contributed by atoms with Gasteiger partial charge in [-0.1, -0.05) is 135 Å². The molecule has 0 nitrogen and oxygen atoms in total. The first-order chi connectivity index (χ1) is 26.0. The zero-order chi connectivity index (χ0) is 35.0. The zero-order valence-corrected chi connectivity index (χ0v) is 31.0. The lowest BCUT2D eigenvalue weighted by Crippen LogP contribution is -2.14. The van der Waals surface area contributed by atoms with E-state index in [-0.39, 0.29) is 5.41 Å². The molecule has 0 atom stereocenters. The lowest BCUT2D eigenvalue weighted by Gasteiger charge is -2.23. The summed E-state index contributed by atoms with van der Waals surface area (Å²) in [5, 5.41) is 13.3. The Bertz CT molecular complexity index is 3310. The molecule has 0 saturated heterocycles. The molecule has 0 saturated carbocycles. The van der Waals surface area contributed by atoms with Gasteiger partial charge in [0.2, 0.25) is 0 Å². The summed E-state index contributed by atoms with van der Waals surface area (Å²) in [4.78, 5) is 0. The molecule has 12 rings (SSSR count). The Morgan fingerprint density at radius 2 is 0.887 bits per heavy atom. The van der Waals surface area contributed by atoms with Crippen LogP contribution in [0.1, 0.15) is 25.0 Å². The first-order valence-electron chi connectivity index (χ1n) is 18.4. The van der Waals surface area contributed by atoms with E-state index in [0.29, 0.717) is 0 Å². The molecule has 11 aromatic rings. The van der Waals surface area contributed by atoms with E-state index in [1.165, 1.54) is 117 Å². The van der Waals surface area contributed by atoms with E-state index in [1.807, 2.05) is 22.7 Å². The van der Waals surface area contributed by atoms with Crippen LogP contribution in [0.25, 0.3) is 106 Å². The molecule has 2 heterocycles. The topological polar surface area (TPSA) is 0 Å². The van der Waals surface area contributed by atoms with E-state index in [2.05, 4.69) is 172 Å². The van der Waals surface area contributed by atoms with Crippen LogP contribution >= 0.6 is 22.7 Å². The molecule has 2 aromatic heterocycles. The quantitative estimate of drug-likeness (QED) is 0.157. The van der Waals surface area contributed by atoms with Gasteiger partial charge in [-0.25, -0.2) is 0 Å². The molecule has 0 unspecified atom stereocenters. The summed E-state index contributed by atoms with van der Waals surface area (Å²) >= 11 is 3.83. The minimum absolute atomic E-state index is 0.0542. The first kappa shape index (κ1) is 29.7. The second-order valence-electron chi connectivity index (χ2n) is 15.2. The minimum Gasteiger partial charge on any atom is -0.135 e. The molecule has 0 aliphatic heterocycles. The summed E-state index contributed by atoms with van der Waals surface area (Å²) < 4.78 is 5.40. The molecule has 0 radical (unpaired) electrons. The number of hydrogen-bond donors (Lipinski definition) is 0. The first-order valence-corrected chi connectivity index (χ1v) is 20.1. The highest BCUT2D eigenvalue weighted by atomic mass is 32.1. The third-order valence-corrected chi connectivity index (χ3v) is 14.3. The number of benzene rings is 9. The number of hydrogen-bond acceptors (Lipinski definition) is 2. The smallest absolute Gasteiger partial charge is 0.0362 e. The molecule has 0 spiro atoms. The van der Waals surface area contributed by atoms with E-state index in [9.17, 15) is 0 Å². The van der Waals surface area contributed by atoms with Gasteiger partial charge in [0.15, 0.2) is 0 Å². The molecular weight excluding hydrogens is 677 g/mol. The Balaban J connectivity index is 1.09. The van der Waals surface area contributed by atoms with Gasteiger partial charge in [-0.15, -0.1) is 22.7 Å². The summed E-state index contributed by atoms with van der Waals surface area (Å²) in [5.74, 6) is 0. The van der Waals surface area contributed by atoms with Gasteiger partial charge in [-0.05, 0) is 113 Å². The highest BCUT2D eigenvalue weighted by Crippen LogP contribution is 2.52. The second-order valence-corrected chi connectivity index (χ2v) is 17.4. The Morgan fingerprint density at radius 3 is 1.64 bits per heavy atom. The Hall–Kier alpha value is -5.80. The van der Waals surface area contributed by atoms with Gasteiger partial charge in [0, 0.05) is 45.8 Å². The lowest BCUT2D eigenvalue weighted by molar-refractivity contribution is 0.660. The fourth-order valence-corrected chi connectivity index (χ4v) is 11.8. The fourth-order valence-electron chi connectivity index (χ4n) is 9.58. The van der Waals surface area contributed by atoms with Gasteiger partial charge >= 0.3 is 0 Å². The predicted octanol–water partition coefficient (Wildman–Crippen LogP) is 15.5. The van der Waals surface area contributed by atoms with Crippen LogP contribution in [-0.2, 0) is 5.41 Å². The van der Waals surface area contributed by atoms with Crippen LogP contribution in [0.5, 0.6) is 0 Å². The van der Waals surface area contributed by atoms with Gasteiger partial charge in [-0.2, -0.15) is 0 Å². The Kier molecular flexibility index (Phi) is 5.97. The third-order valence-electron chi connectivity index (χ3n) is 12.0. The lowest BCUT2D eigenvalue weighted by atomic mass is 9.80. The maximum atomic E-state index is 2.48. The minimum atomic E-state index is -0.0542. The molecule has 9 aromatic carbocycles. The van der Waals surface area contributed by atoms with Crippen molar-refractivity contribution < 1.29 is 0 Å². The van der Waals surface area contributed by atoms with Crippen LogP contribution in [0.2, 0.25) is 0 Å². The molecule has 248 valence electrons. The maximum Gasteiger partial charge on any atom is 0.0362 e. The van der Waals surface area contributed by atoms with Crippen molar-refractivity contribution in [1.82, 2.24) is 0 Å². The maximum absolute atomic E-state index is 2.48. The van der Waals surface area contributed by atoms with E-state index >= 15 is 0 Å². The summed E-state index contributed by atoms with van der Waals surface area (Å²) in [6.07, 6.45) is 0. The zero-order valence-electron chi connectivity index (χ0n) is 29.3. The molecule has 0 N–H and O–H groups in total. The van der Waals surface area contributed by atoms with Gasteiger partial charge in [-0.3, -0.25) is 0 Å². The van der Waals surface area contributed by atoms with E-state index in [1.54, 1.807) is 0 Å². The van der Waals surface area contributed by atoms with Gasteiger partial charge in [0.05, 0.1) is 0 Å². The number of rotatable bonds is 2. The van der Waals surface area contributed by atoms with Crippen LogP contribution in [-0.4, -0.2) is 0 Å². The summed E-state index contributed by atoms with van der Waals surface area (Å²) in [7, 11) is 0. The Morgan fingerprint density at radius 1 is 0.358 bits per heavy atom.